The summed E-state index contributed by atoms with van der Waals surface area (Å²) >= 11 is 0. The van der Waals surface area contributed by atoms with Crippen molar-refractivity contribution >= 4 is 0 Å². The van der Waals surface area contributed by atoms with Crippen molar-refractivity contribution in [3.05, 3.63) is 34.9 Å². The number of fused-ring (bicyclic) bond motifs is 1. The van der Waals surface area contributed by atoms with E-state index in [1.165, 1.54) is 11.7 Å². The summed E-state index contributed by atoms with van der Waals surface area (Å²) in [6, 6.07) is 6.83. The first-order valence-electron chi connectivity index (χ1n) is 8.50. The van der Waals surface area contributed by atoms with Crippen molar-refractivity contribution in [1.82, 2.24) is 4.57 Å². The van der Waals surface area contributed by atoms with Gasteiger partial charge in [-0.3, -0.25) is 4.57 Å². The van der Waals surface area contributed by atoms with Crippen LogP contribution in [0.3, 0.4) is 0 Å². The first-order chi connectivity index (χ1) is 12.5. The lowest BCUT2D eigenvalue weighted by Crippen LogP contribution is -2.27. The number of hydrogen-bond acceptors (Lipinski definition) is 6. The average Bonchev–Trinajstić information content (AvgIpc) is 2.89. The number of aromatic hydroxyl groups is 2. The van der Waals surface area contributed by atoms with Gasteiger partial charge in [-0.1, -0.05) is 6.07 Å². The van der Waals surface area contributed by atoms with E-state index >= 15 is 0 Å². The Hall–Kier alpha value is -2.85. The lowest BCUT2D eigenvalue weighted by Gasteiger charge is -2.20. The summed E-state index contributed by atoms with van der Waals surface area (Å²) in [7, 11) is 3.08. The molecule has 2 unspecified atom stereocenters. The molecule has 3 rings (SSSR count). The van der Waals surface area contributed by atoms with Crippen LogP contribution in [0.15, 0.2) is 18.2 Å². The number of ether oxygens (including phenoxy) is 2. The van der Waals surface area contributed by atoms with Gasteiger partial charge in [-0.15, -0.1) is 0 Å². The number of nitrogens with zero attached hydrogens (tertiary/aromatic N) is 2. The number of hydrogen-bond donors (Lipinski definition) is 3. The number of aromatic nitrogens is 1. The summed E-state index contributed by atoms with van der Waals surface area (Å²) < 4.78 is 12.0. The number of benzene rings is 1. The molecule has 0 spiro atoms. The molecule has 4 N–H and O–H groups in total. The Balaban J connectivity index is 2.12. The van der Waals surface area contributed by atoms with Crippen LogP contribution >= 0.6 is 0 Å². The van der Waals surface area contributed by atoms with E-state index in [0.717, 1.165) is 12.0 Å². The van der Waals surface area contributed by atoms with E-state index in [1.54, 1.807) is 25.3 Å². The largest absolute Gasteiger partial charge is 0.494 e. The highest BCUT2D eigenvalue weighted by Gasteiger charge is 2.31. The molecule has 1 heterocycles. The fourth-order valence-corrected chi connectivity index (χ4v) is 3.63. The summed E-state index contributed by atoms with van der Waals surface area (Å²) in [5.74, 6) is 1.06. The quantitative estimate of drug-likeness (QED) is 0.756. The van der Waals surface area contributed by atoms with Gasteiger partial charge in [-0.2, -0.15) is 5.26 Å². The van der Waals surface area contributed by atoms with Gasteiger partial charge in [-0.05, 0) is 37.0 Å². The first-order valence-corrected chi connectivity index (χ1v) is 8.50. The summed E-state index contributed by atoms with van der Waals surface area (Å²) in [6.45, 7) is 0. The summed E-state index contributed by atoms with van der Waals surface area (Å²) in [4.78, 5) is 0. The Morgan fingerprint density at radius 3 is 2.58 bits per heavy atom. The normalized spacial score (nSPS) is 17.2. The molecule has 0 saturated carbocycles. The second-order valence-electron chi connectivity index (χ2n) is 6.47. The van der Waals surface area contributed by atoms with Gasteiger partial charge in [0.1, 0.15) is 0 Å². The fourth-order valence-electron chi connectivity index (χ4n) is 3.63. The minimum atomic E-state index is -0.554. The topological polar surface area (TPSA) is 114 Å². The van der Waals surface area contributed by atoms with Crippen molar-refractivity contribution < 1.29 is 19.7 Å². The number of methoxy groups -OCH3 is 2. The molecular weight excluding hydrogens is 334 g/mol. The third kappa shape index (κ3) is 2.93. The standard InChI is InChI=1S/C19H23N3O4/c1-25-16-6-3-11(9-17(16)26-2)15(7-8-20)22-18(23)13-5-4-12(21)10-14(13)19(22)24/h3,6,9,12,15,23-24H,4-5,7,10,21H2,1-2H3. The third-order valence-electron chi connectivity index (χ3n) is 4.98. The van der Waals surface area contributed by atoms with E-state index in [9.17, 15) is 15.5 Å². The van der Waals surface area contributed by atoms with Crippen molar-refractivity contribution in [2.24, 2.45) is 5.73 Å². The molecule has 1 aromatic carbocycles. The highest BCUT2D eigenvalue weighted by molar-refractivity contribution is 5.50. The average molecular weight is 357 g/mol. The van der Waals surface area contributed by atoms with Gasteiger partial charge < -0.3 is 25.4 Å². The molecule has 26 heavy (non-hydrogen) atoms. The Morgan fingerprint density at radius 1 is 1.23 bits per heavy atom. The van der Waals surface area contributed by atoms with Crippen LogP contribution in [0.5, 0.6) is 23.3 Å². The maximum Gasteiger partial charge on any atom is 0.198 e. The number of nitriles is 1. The van der Waals surface area contributed by atoms with E-state index in [2.05, 4.69) is 6.07 Å². The number of rotatable bonds is 5. The maximum atomic E-state index is 10.7. The van der Waals surface area contributed by atoms with Crippen molar-refractivity contribution in [3.8, 4) is 29.3 Å². The molecule has 0 radical (unpaired) electrons. The van der Waals surface area contributed by atoms with Gasteiger partial charge in [0.25, 0.3) is 0 Å². The van der Waals surface area contributed by atoms with E-state index in [4.69, 9.17) is 15.2 Å². The Labute approximate surface area is 152 Å². The summed E-state index contributed by atoms with van der Waals surface area (Å²) in [6.07, 6.45) is 1.94. The molecule has 7 nitrogen and oxygen atoms in total. The maximum absolute atomic E-state index is 10.7. The van der Waals surface area contributed by atoms with Gasteiger partial charge >= 0.3 is 0 Å². The molecule has 138 valence electrons. The third-order valence-corrected chi connectivity index (χ3v) is 4.98. The lowest BCUT2D eigenvalue weighted by molar-refractivity contribution is 0.343. The first kappa shape index (κ1) is 18.0. The van der Waals surface area contributed by atoms with E-state index in [-0.39, 0.29) is 24.2 Å². The Kier molecular flexibility index (Phi) is 4.96. The van der Waals surface area contributed by atoms with Crippen molar-refractivity contribution in [2.45, 2.75) is 37.8 Å². The van der Waals surface area contributed by atoms with Gasteiger partial charge in [0.05, 0.1) is 32.8 Å². The Morgan fingerprint density at radius 2 is 1.92 bits per heavy atom. The van der Waals surface area contributed by atoms with Crippen LogP contribution in [-0.2, 0) is 12.8 Å². The molecule has 0 bridgehead atoms. The fraction of sp³-hybridized carbons (Fsp3) is 0.421. The van der Waals surface area contributed by atoms with Crippen LogP contribution in [0.25, 0.3) is 0 Å². The molecule has 1 aromatic heterocycles. The zero-order valence-electron chi connectivity index (χ0n) is 14.9. The van der Waals surface area contributed by atoms with E-state index < -0.39 is 6.04 Å². The van der Waals surface area contributed by atoms with Crippen molar-refractivity contribution in [1.29, 1.82) is 5.26 Å². The van der Waals surface area contributed by atoms with Gasteiger partial charge in [0, 0.05) is 17.2 Å². The van der Waals surface area contributed by atoms with Crippen LogP contribution in [0.4, 0.5) is 0 Å². The highest BCUT2D eigenvalue weighted by atomic mass is 16.5. The van der Waals surface area contributed by atoms with Crippen LogP contribution in [0.2, 0.25) is 0 Å². The molecule has 2 atom stereocenters. The van der Waals surface area contributed by atoms with E-state index in [0.29, 0.717) is 35.5 Å². The molecule has 0 saturated heterocycles. The molecule has 2 aromatic rings. The van der Waals surface area contributed by atoms with Crippen LogP contribution < -0.4 is 15.2 Å². The summed E-state index contributed by atoms with van der Waals surface area (Å²) in [5, 5.41) is 30.8. The zero-order valence-corrected chi connectivity index (χ0v) is 14.9. The zero-order chi connectivity index (χ0) is 18.8. The molecule has 0 aliphatic heterocycles. The summed E-state index contributed by atoms with van der Waals surface area (Å²) in [5.41, 5.74) is 8.12. The number of nitrogens with two attached hydrogens (primary N) is 1. The molecule has 1 aliphatic rings. The predicted octanol–water partition coefficient (Wildman–Crippen LogP) is 2.24. The van der Waals surface area contributed by atoms with Gasteiger partial charge in [0.2, 0.25) is 0 Å². The Bertz CT molecular complexity index is 853. The van der Waals surface area contributed by atoms with Gasteiger partial charge in [-0.25, -0.2) is 0 Å². The minimum absolute atomic E-state index is 0.000523. The molecule has 1 aliphatic carbocycles. The van der Waals surface area contributed by atoms with E-state index in [1.807, 2.05) is 0 Å². The van der Waals surface area contributed by atoms with Crippen molar-refractivity contribution in [2.75, 3.05) is 14.2 Å². The molecular formula is C19H23N3O4. The smallest absolute Gasteiger partial charge is 0.198 e. The van der Waals surface area contributed by atoms with Crippen LogP contribution in [0.1, 0.15) is 35.6 Å². The second kappa shape index (κ2) is 7.18. The van der Waals surface area contributed by atoms with Gasteiger partial charge in [0.15, 0.2) is 23.3 Å². The van der Waals surface area contributed by atoms with Crippen molar-refractivity contribution in [3.63, 3.8) is 0 Å². The SMILES string of the molecule is COc1ccc(C(CC#N)n2c(O)c3c(c2O)CC(N)CC3)cc1OC. The highest BCUT2D eigenvalue weighted by Crippen LogP contribution is 2.43. The monoisotopic (exact) mass is 357 g/mol. The molecule has 0 amide bonds. The molecule has 0 fully saturated rings. The predicted molar refractivity (Wildman–Crippen MR) is 95.7 cm³/mol. The molecule has 7 heteroatoms. The van der Waals surface area contributed by atoms with Crippen LogP contribution in [0, 0.1) is 11.3 Å². The minimum Gasteiger partial charge on any atom is -0.494 e. The second-order valence-corrected chi connectivity index (χ2v) is 6.47. The lowest BCUT2D eigenvalue weighted by atomic mass is 9.91. The van der Waals surface area contributed by atoms with Crippen LogP contribution in [-0.4, -0.2) is 35.0 Å².